The number of nitrogens with zero attached hydrogens (tertiary/aromatic N) is 6. The first-order valence-electron chi connectivity index (χ1n) is 13.7. The average molecular weight is 590 g/mol. The standard InChI is InChI=1S/C30H39N9O4/c1-18-13-20(3)25(22(14-18)28(41)36(7)37(8)29(42)43-9)32-27(40)23-15-21(16-38-17-24(33-35-38)30(4,5)6)34-39(23)26-19(2)11-10-12-31-26/h10-15,17,33,35H,16H2,1-9H3,(H,32,40). The van der Waals surface area contributed by atoms with Gasteiger partial charge >= 0.3 is 6.09 Å². The van der Waals surface area contributed by atoms with Crippen LogP contribution in [0.15, 0.2) is 48.4 Å². The minimum absolute atomic E-state index is 0.0853. The third-order valence-electron chi connectivity index (χ3n) is 7.07. The highest BCUT2D eigenvalue weighted by Crippen LogP contribution is 2.27. The zero-order chi connectivity index (χ0) is 31.6. The molecule has 228 valence electrons. The number of allylic oxidation sites excluding steroid dienone is 1. The first-order chi connectivity index (χ1) is 20.2. The Hall–Kier alpha value is -4.91. The van der Waals surface area contributed by atoms with Crippen molar-refractivity contribution in [2.75, 3.05) is 26.5 Å². The zero-order valence-corrected chi connectivity index (χ0v) is 26.1. The molecular weight excluding hydrogens is 550 g/mol. The number of aromatic nitrogens is 3. The Labute approximate surface area is 251 Å². The van der Waals surface area contributed by atoms with Gasteiger partial charge in [-0.2, -0.15) is 5.10 Å². The van der Waals surface area contributed by atoms with Crippen LogP contribution in [0.2, 0.25) is 0 Å². The van der Waals surface area contributed by atoms with Gasteiger partial charge in [0, 0.05) is 31.9 Å². The molecule has 3 N–H and O–H groups in total. The molecule has 13 nitrogen and oxygen atoms in total. The number of rotatable bonds is 6. The van der Waals surface area contributed by atoms with Crippen molar-refractivity contribution in [1.29, 1.82) is 0 Å². The molecule has 0 saturated carbocycles. The molecule has 3 amide bonds. The Kier molecular flexibility index (Phi) is 8.76. The van der Waals surface area contributed by atoms with E-state index in [2.05, 4.69) is 42.0 Å². The van der Waals surface area contributed by atoms with E-state index in [0.717, 1.165) is 26.8 Å². The number of carbonyl (C=O) groups excluding carboxylic acids is 3. The van der Waals surface area contributed by atoms with Crippen LogP contribution in [0.5, 0.6) is 0 Å². The summed E-state index contributed by atoms with van der Waals surface area (Å²) in [5.41, 5.74) is 11.0. The molecule has 1 aliphatic rings. The highest BCUT2D eigenvalue weighted by Gasteiger charge is 2.28. The molecule has 0 aliphatic carbocycles. The number of hydrogen-bond donors (Lipinski definition) is 3. The number of hydrazine groups is 3. The lowest BCUT2D eigenvalue weighted by molar-refractivity contribution is 0.0193. The van der Waals surface area contributed by atoms with E-state index in [1.807, 2.05) is 43.3 Å². The van der Waals surface area contributed by atoms with Crippen LogP contribution in [0.1, 0.15) is 64.0 Å². The van der Waals surface area contributed by atoms with E-state index in [9.17, 15) is 14.4 Å². The Balaban J connectivity index is 1.72. The number of benzene rings is 1. The summed E-state index contributed by atoms with van der Waals surface area (Å²) in [5, 5.41) is 11.7. The van der Waals surface area contributed by atoms with Gasteiger partial charge in [-0.3, -0.25) is 14.6 Å². The van der Waals surface area contributed by atoms with Crippen molar-refractivity contribution >= 4 is 23.6 Å². The van der Waals surface area contributed by atoms with Crippen molar-refractivity contribution in [1.82, 2.24) is 40.8 Å². The van der Waals surface area contributed by atoms with Gasteiger partial charge in [-0.05, 0) is 55.7 Å². The zero-order valence-electron chi connectivity index (χ0n) is 26.1. The number of nitrogens with one attached hydrogen (secondary N) is 3. The second kappa shape index (κ2) is 12.1. The number of aryl methyl sites for hydroxylation is 3. The van der Waals surface area contributed by atoms with Crippen molar-refractivity contribution in [3.05, 3.63) is 82.1 Å². The van der Waals surface area contributed by atoms with Crippen LogP contribution < -0.4 is 16.3 Å². The molecule has 3 heterocycles. The molecule has 0 bridgehead atoms. The lowest BCUT2D eigenvalue weighted by atomic mass is 9.93. The fourth-order valence-corrected chi connectivity index (χ4v) is 4.57. The third-order valence-corrected chi connectivity index (χ3v) is 7.07. The highest BCUT2D eigenvalue weighted by atomic mass is 16.5. The number of hydrogen-bond acceptors (Lipinski definition) is 9. The molecule has 1 aromatic carbocycles. The molecule has 13 heteroatoms. The largest absolute Gasteiger partial charge is 0.452 e. The monoisotopic (exact) mass is 589 g/mol. The maximum atomic E-state index is 14.0. The number of ether oxygens (including phenoxy) is 1. The molecule has 0 fully saturated rings. The molecule has 1 aliphatic heterocycles. The Morgan fingerprint density at radius 2 is 1.77 bits per heavy atom. The Morgan fingerprint density at radius 3 is 2.40 bits per heavy atom. The first kappa shape index (κ1) is 31.0. The minimum atomic E-state index is -0.708. The summed E-state index contributed by atoms with van der Waals surface area (Å²) in [6, 6.07) is 8.95. The van der Waals surface area contributed by atoms with E-state index < -0.39 is 17.9 Å². The predicted molar refractivity (Wildman–Crippen MR) is 162 cm³/mol. The van der Waals surface area contributed by atoms with Gasteiger partial charge in [0.2, 0.25) is 0 Å². The van der Waals surface area contributed by atoms with Gasteiger partial charge in [0.25, 0.3) is 11.8 Å². The van der Waals surface area contributed by atoms with E-state index in [1.54, 1.807) is 25.3 Å². The summed E-state index contributed by atoms with van der Waals surface area (Å²) >= 11 is 0. The van der Waals surface area contributed by atoms with E-state index in [1.165, 1.54) is 25.9 Å². The van der Waals surface area contributed by atoms with E-state index in [0.29, 0.717) is 29.3 Å². The number of carbonyl (C=O) groups is 3. The van der Waals surface area contributed by atoms with Gasteiger partial charge < -0.3 is 15.5 Å². The number of methoxy groups -OCH3 is 1. The summed E-state index contributed by atoms with van der Waals surface area (Å²) in [7, 11) is 4.11. The van der Waals surface area contributed by atoms with Crippen LogP contribution in [0.3, 0.4) is 0 Å². The van der Waals surface area contributed by atoms with Crippen LogP contribution in [0.25, 0.3) is 5.82 Å². The third kappa shape index (κ3) is 6.61. The molecule has 0 radical (unpaired) electrons. The minimum Gasteiger partial charge on any atom is -0.452 e. The summed E-state index contributed by atoms with van der Waals surface area (Å²) in [6.45, 7) is 12.2. The first-order valence-corrected chi connectivity index (χ1v) is 13.7. The van der Waals surface area contributed by atoms with E-state index >= 15 is 0 Å². The summed E-state index contributed by atoms with van der Waals surface area (Å²) in [4.78, 5) is 44.1. The lowest BCUT2D eigenvalue weighted by Crippen LogP contribution is -2.45. The highest BCUT2D eigenvalue weighted by molar-refractivity contribution is 6.09. The second-order valence-electron chi connectivity index (χ2n) is 11.5. The number of pyridine rings is 1. The van der Waals surface area contributed by atoms with Crippen molar-refractivity contribution in [2.45, 2.75) is 48.1 Å². The molecular formula is C30H39N9O4. The molecule has 2 aromatic heterocycles. The van der Waals surface area contributed by atoms with Gasteiger partial charge in [0.15, 0.2) is 5.82 Å². The maximum Gasteiger partial charge on any atom is 0.428 e. The molecule has 4 rings (SSSR count). The molecule has 3 aromatic rings. The quantitative estimate of drug-likeness (QED) is 0.366. The van der Waals surface area contributed by atoms with Crippen molar-refractivity contribution < 1.29 is 19.1 Å². The number of amides is 3. The van der Waals surface area contributed by atoms with E-state index in [4.69, 9.17) is 9.84 Å². The fraction of sp³-hybridized carbons (Fsp3) is 0.367. The van der Waals surface area contributed by atoms with Crippen molar-refractivity contribution in [2.24, 2.45) is 5.41 Å². The summed E-state index contributed by atoms with van der Waals surface area (Å²) in [6.07, 6.45) is 2.91. The maximum absolute atomic E-state index is 14.0. The lowest BCUT2D eigenvalue weighted by Gasteiger charge is -2.28. The van der Waals surface area contributed by atoms with Crippen LogP contribution in [-0.2, 0) is 11.3 Å². The molecule has 43 heavy (non-hydrogen) atoms. The van der Waals surface area contributed by atoms with Crippen LogP contribution in [-0.4, -0.2) is 68.9 Å². The van der Waals surface area contributed by atoms with Crippen LogP contribution >= 0.6 is 0 Å². The Morgan fingerprint density at radius 1 is 1.05 bits per heavy atom. The van der Waals surface area contributed by atoms with Gasteiger partial charge in [-0.15, -0.1) is 5.53 Å². The number of anilines is 1. The van der Waals surface area contributed by atoms with Gasteiger partial charge in [-0.25, -0.2) is 24.5 Å². The smallest absolute Gasteiger partial charge is 0.428 e. The summed E-state index contributed by atoms with van der Waals surface area (Å²) < 4.78 is 6.26. The van der Waals surface area contributed by atoms with Gasteiger partial charge in [-0.1, -0.05) is 32.9 Å². The Bertz CT molecular complexity index is 1590. The van der Waals surface area contributed by atoms with Gasteiger partial charge in [0.05, 0.1) is 36.3 Å². The molecule has 0 atom stereocenters. The normalized spacial score (nSPS) is 12.9. The van der Waals surface area contributed by atoms with Crippen LogP contribution in [0.4, 0.5) is 10.5 Å². The van der Waals surface area contributed by atoms with E-state index in [-0.39, 0.29) is 16.7 Å². The summed E-state index contributed by atoms with van der Waals surface area (Å²) in [5.74, 6) is -0.472. The van der Waals surface area contributed by atoms with Crippen molar-refractivity contribution in [3.8, 4) is 5.82 Å². The van der Waals surface area contributed by atoms with Crippen LogP contribution in [0, 0.1) is 26.2 Å². The van der Waals surface area contributed by atoms with Gasteiger partial charge in [0.1, 0.15) is 5.69 Å². The molecule has 0 saturated heterocycles. The predicted octanol–water partition coefficient (Wildman–Crippen LogP) is 3.84. The van der Waals surface area contributed by atoms with Crippen molar-refractivity contribution in [3.63, 3.8) is 0 Å². The molecule has 0 unspecified atom stereocenters. The topological polar surface area (TPSA) is 137 Å². The SMILES string of the molecule is COC(=O)N(C)N(C)C(=O)c1cc(C)cc(C)c1NC(=O)c1cc(CN2C=C(C(C)(C)C)NN2)nn1-c1ncccc1C. The molecule has 0 spiro atoms. The second-order valence-corrected chi connectivity index (χ2v) is 11.5. The average Bonchev–Trinajstić information content (AvgIpc) is 3.60. The fourth-order valence-electron chi connectivity index (χ4n) is 4.57.